The smallest absolute Gasteiger partial charge is 0.119 e. The first-order valence-corrected chi connectivity index (χ1v) is 6.58. The van der Waals surface area contributed by atoms with Gasteiger partial charge in [0.15, 0.2) is 0 Å². The quantitative estimate of drug-likeness (QED) is 0.844. The van der Waals surface area contributed by atoms with Gasteiger partial charge in [-0.1, -0.05) is 19.9 Å². The molecule has 2 heteroatoms. The standard InChI is InChI=1S/C15H21NO/c1-10(2)14-12-5-4-11(17-3)8-13(12)15(6-7-15)9-16-14/h4-5,8,10,14,16H,6-7,9H2,1-3H3. The minimum absolute atomic E-state index is 0.426. The number of fused-ring (bicyclic) bond motifs is 2. The van der Waals surface area contributed by atoms with Crippen molar-refractivity contribution in [2.75, 3.05) is 13.7 Å². The Bertz CT molecular complexity index is 435. The number of hydrogen-bond donors (Lipinski definition) is 1. The number of ether oxygens (including phenoxy) is 1. The zero-order chi connectivity index (χ0) is 12.0. The molecule has 0 bridgehead atoms. The summed E-state index contributed by atoms with van der Waals surface area (Å²) in [6.45, 7) is 5.71. The molecule has 1 unspecified atom stereocenters. The van der Waals surface area contributed by atoms with Crippen LogP contribution < -0.4 is 10.1 Å². The van der Waals surface area contributed by atoms with Crippen molar-refractivity contribution in [3.8, 4) is 5.75 Å². The first kappa shape index (κ1) is 11.1. The fraction of sp³-hybridized carbons (Fsp3) is 0.600. The van der Waals surface area contributed by atoms with E-state index in [4.69, 9.17) is 4.74 Å². The third-order valence-corrected chi connectivity index (χ3v) is 4.35. The average Bonchev–Trinajstić information content (AvgIpc) is 3.10. The highest BCUT2D eigenvalue weighted by Gasteiger charge is 2.49. The maximum absolute atomic E-state index is 5.38. The Labute approximate surface area is 103 Å². The van der Waals surface area contributed by atoms with Crippen molar-refractivity contribution in [3.05, 3.63) is 29.3 Å². The van der Waals surface area contributed by atoms with Crippen LogP contribution in [0.1, 0.15) is 43.9 Å². The van der Waals surface area contributed by atoms with Gasteiger partial charge in [-0.3, -0.25) is 0 Å². The van der Waals surface area contributed by atoms with Gasteiger partial charge in [0.25, 0.3) is 0 Å². The summed E-state index contributed by atoms with van der Waals surface area (Å²) in [4.78, 5) is 0. The Morgan fingerprint density at radius 1 is 1.35 bits per heavy atom. The predicted molar refractivity (Wildman–Crippen MR) is 69.5 cm³/mol. The molecule has 3 rings (SSSR count). The second kappa shape index (κ2) is 3.74. The summed E-state index contributed by atoms with van der Waals surface area (Å²) >= 11 is 0. The van der Waals surface area contributed by atoms with E-state index >= 15 is 0 Å². The largest absolute Gasteiger partial charge is 0.497 e. The lowest BCUT2D eigenvalue weighted by molar-refractivity contribution is 0.359. The second-order valence-corrected chi connectivity index (χ2v) is 5.84. The first-order chi connectivity index (χ1) is 8.16. The lowest BCUT2D eigenvalue weighted by atomic mass is 9.80. The van der Waals surface area contributed by atoms with Crippen molar-refractivity contribution in [1.82, 2.24) is 5.32 Å². The highest BCUT2D eigenvalue weighted by atomic mass is 16.5. The van der Waals surface area contributed by atoms with Gasteiger partial charge < -0.3 is 10.1 Å². The molecule has 1 heterocycles. The summed E-state index contributed by atoms with van der Waals surface area (Å²) in [6, 6.07) is 7.11. The molecule has 1 aromatic rings. The van der Waals surface area contributed by atoms with E-state index in [0.29, 0.717) is 17.4 Å². The number of nitrogens with one attached hydrogen (secondary N) is 1. The highest BCUT2D eigenvalue weighted by molar-refractivity contribution is 5.47. The van der Waals surface area contributed by atoms with E-state index < -0.39 is 0 Å². The Balaban J connectivity index is 2.08. The number of benzene rings is 1. The van der Waals surface area contributed by atoms with E-state index in [9.17, 15) is 0 Å². The van der Waals surface area contributed by atoms with Gasteiger partial charge in [-0.2, -0.15) is 0 Å². The van der Waals surface area contributed by atoms with E-state index in [1.54, 1.807) is 7.11 Å². The zero-order valence-electron chi connectivity index (χ0n) is 10.9. The van der Waals surface area contributed by atoms with Crippen molar-refractivity contribution >= 4 is 0 Å². The molecule has 1 N–H and O–H groups in total. The van der Waals surface area contributed by atoms with Crippen LogP contribution in [-0.2, 0) is 5.41 Å². The van der Waals surface area contributed by atoms with Gasteiger partial charge >= 0.3 is 0 Å². The lowest BCUT2D eigenvalue weighted by Gasteiger charge is -2.35. The van der Waals surface area contributed by atoms with Crippen molar-refractivity contribution in [3.63, 3.8) is 0 Å². The van der Waals surface area contributed by atoms with Crippen LogP contribution in [0.3, 0.4) is 0 Å². The number of methoxy groups -OCH3 is 1. The molecule has 1 aromatic carbocycles. The van der Waals surface area contributed by atoms with E-state index in [2.05, 4.69) is 37.4 Å². The molecule has 0 amide bonds. The van der Waals surface area contributed by atoms with E-state index in [0.717, 1.165) is 12.3 Å². The van der Waals surface area contributed by atoms with Gasteiger partial charge in [0, 0.05) is 18.0 Å². The molecular formula is C15H21NO. The molecule has 92 valence electrons. The van der Waals surface area contributed by atoms with Crippen LogP contribution in [0.15, 0.2) is 18.2 Å². The first-order valence-electron chi connectivity index (χ1n) is 6.58. The molecule has 1 aliphatic heterocycles. The van der Waals surface area contributed by atoms with Crippen molar-refractivity contribution < 1.29 is 4.74 Å². The summed E-state index contributed by atoms with van der Waals surface area (Å²) in [5.74, 6) is 1.64. The molecule has 0 saturated heterocycles. The number of rotatable bonds is 2. The van der Waals surface area contributed by atoms with Gasteiger partial charge in [-0.05, 0) is 42.0 Å². The Hall–Kier alpha value is -1.02. The zero-order valence-corrected chi connectivity index (χ0v) is 10.9. The van der Waals surface area contributed by atoms with E-state index in [-0.39, 0.29) is 0 Å². The van der Waals surface area contributed by atoms with E-state index in [1.165, 1.54) is 24.0 Å². The summed E-state index contributed by atoms with van der Waals surface area (Å²) in [6.07, 6.45) is 2.65. The Morgan fingerprint density at radius 3 is 2.71 bits per heavy atom. The van der Waals surface area contributed by atoms with Crippen molar-refractivity contribution in [1.29, 1.82) is 0 Å². The molecule has 1 aliphatic carbocycles. The lowest BCUT2D eigenvalue weighted by Crippen LogP contribution is -2.39. The summed E-state index contributed by atoms with van der Waals surface area (Å²) < 4.78 is 5.38. The SMILES string of the molecule is COc1ccc2c(c1)C1(CC1)CNC2C(C)C. The summed E-state index contributed by atoms with van der Waals surface area (Å²) in [5, 5.41) is 3.72. The van der Waals surface area contributed by atoms with Gasteiger partial charge in [-0.15, -0.1) is 0 Å². The van der Waals surface area contributed by atoms with Crippen LogP contribution in [0.5, 0.6) is 5.75 Å². The Kier molecular flexibility index (Phi) is 2.44. The molecule has 0 aromatic heterocycles. The molecule has 1 atom stereocenters. The van der Waals surface area contributed by atoms with Crippen LogP contribution in [-0.4, -0.2) is 13.7 Å². The summed E-state index contributed by atoms with van der Waals surface area (Å²) in [5.41, 5.74) is 3.45. The van der Waals surface area contributed by atoms with Crippen molar-refractivity contribution in [2.24, 2.45) is 5.92 Å². The van der Waals surface area contributed by atoms with Gasteiger partial charge in [0.1, 0.15) is 5.75 Å². The van der Waals surface area contributed by atoms with Gasteiger partial charge in [0.2, 0.25) is 0 Å². The minimum Gasteiger partial charge on any atom is -0.497 e. The van der Waals surface area contributed by atoms with Gasteiger partial charge in [-0.25, -0.2) is 0 Å². The fourth-order valence-electron chi connectivity index (χ4n) is 3.10. The summed E-state index contributed by atoms with van der Waals surface area (Å²) in [7, 11) is 1.75. The molecular weight excluding hydrogens is 210 g/mol. The molecule has 1 spiro atoms. The molecule has 1 fully saturated rings. The van der Waals surface area contributed by atoms with Crippen LogP contribution >= 0.6 is 0 Å². The molecule has 2 nitrogen and oxygen atoms in total. The molecule has 1 saturated carbocycles. The fourth-order valence-corrected chi connectivity index (χ4v) is 3.10. The minimum atomic E-state index is 0.426. The second-order valence-electron chi connectivity index (χ2n) is 5.84. The topological polar surface area (TPSA) is 21.3 Å². The molecule has 0 radical (unpaired) electrons. The third kappa shape index (κ3) is 1.66. The monoisotopic (exact) mass is 231 g/mol. The Morgan fingerprint density at radius 2 is 2.12 bits per heavy atom. The van der Waals surface area contributed by atoms with E-state index in [1.807, 2.05) is 0 Å². The van der Waals surface area contributed by atoms with Crippen LogP contribution in [0.25, 0.3) is 0 Å². The normalized spacial score (nSPS) is 24.8. The van der Waals surface area contributed by atoms with Crippen LogP contribution in [0, 0.1) is 5.92 Å². The van der Waals surface area contributed by atoms with Crippen molar-refractivity contribution in [2.45, 2.75) is 38.1 Å². The molecule has 17 heavy (non-hydrogen) atoms. The van der Waals surface area contributed by atoms with Crippen LogP contribution in [0.2, 0.25) is 0 Å². The maximum atomic E-state index is 5.38. The predicted octanol–water partition coefficient (Wildman–Crippen LogP) is 3.03. The average molecular weight is 231 g/mol. The maximum Gasteiger partial charge on any atom is 0.119 e. The molecule has 2 aliphatic rings. The van der Waals surface area contributed by atoms with Crippen LogP contribution in [0.4, 0.5) is 0 Å². The van der Waals surface area contributed by atoms with Gasteiger partial charge in [0.05, 0.1) is 7.11 Å². The number of hydrogen-bond acceptors (Lipinski definition) is 2. The third-order valence-electron chi connectivity index (χ3n) is 4.35. The highest BCUT2D eigenvalue weighted by Crippen LogP contribution is 2.53.